The van der Waals surface area contributed by atoms with Crippen LogP contribution < -0.4 is 10.6 Å². The average molecular weight is 461 g/mol. The average Bonchev–Trinajstić information content (AvgIpc) is 2.73. The Morgan fingerprint density at radius 1 is 0.676 bits per heavy atom. The van der Waals surface area contributed by atoms with Gasteiger partial charge in [0.25, 0.3) is 11.8 Å². The molecule has 0 spiro atoms. The molecule has 4 N–H and O–H groups in total. The zero-order chi connectivity index (χ0) is 24.8. The van der Waals surface area contributed by atoms with Gasteiger partial charge in [-0.2, -0.15) is 0 Å². The van der Waals surface area contributed by atoms with E-state index in [2.05, 4.69) is 38.3 Å². The molecule has 0 bridgehead atoms. The fourth-order valence-electron chi connectivity index (χ4n) is 3.81. The molecule has 0 atom stereocenters. The fourth-order valence-corrected chi connectivity index (χ4v) is 3.81. The van der Waals surface area contributed by atoms with E-state index in [9.17, 15) is 19.8 Å². The first-order valence-corrected chi connectivity index (χ1v) is 11.5. The molecule has 3 rings (SSSR count). The molecule has 6 nitrogen and oxygen atoms in total. The number of benzene rings is 3. The number of rotatable bonds is 8. The Morgan fingerprint density at radius 2 is 1.09 bits per heavy atom. The van der Waals surface area contributed by atoms with E-state index in [1.165, 1.54) is 0 Å². The molecule has 3 aromatic carbocycles. The molecule has 0 aromatic heterocycles. The summed E-state index contributed by atoms with van der Waals surface area (Å²) in [5.74, 6) is -0.159. The van der Waals surface area contributed by atoms with E-state index in [0.29, 0.717) is 23.2 Å². The van der Waals surface area contributed by atoms with E-state index < -0.39 is 11.8 Å². The molecule has 0 radical (unpaired) electrons. The summed E-state index contributed by atoms with van der Waals surface area (Å²) in [5.41, 5.74) is 3.21. The SMILES string of the molecule is CC(C)Cc1ccc(C(=O)Nc2cccc(NC(=O)c3ccc(CC(C)C)cc3O)c2)c(O)c1. The highest BCUT2D eigenvalue weighted by atomic mass is 16.3. The summed E-state index contributed by atoms with van der Waals surface area (Å²) in [4.78, 5) is 25.4. The van der Waals surface area contributed by atoms with Gasteiger partial charge in [0.2, 0.25) is 0 Å². The van der Waals surface area contributed by atoms with E-state index in [1.54, 1.807) is 48.5 Å². The smallest absolute Gasteiger partial charge is 0.259 e. The molecule has 0 saturated heterocycles. The molecule has 0 saturated carbocycles. The number of phenolic OH excluding ortho intramolecular Hbond substituents is 2. The minimum absolute atomic E-state index is 0.0727. The van der Waals surface area contributed by atoms with Crippen LogP contribution in [0.25, 0.3) is 0 Å². The summed E-state index contributed by atoms with van der Waals surface area (Å²) in [6, 6.07) is 16.8. The number of anilines is 2. The number of hydrogen-bond acceptors (Lipinski definition) is 4. The van der Waals surface area contributed by atoms with E-state index in [0.717, 1.165) is 24.0 Å². The van der Waals surface area contributed by atoms with Gasteiger partial charge in [0.15, 0.2) is 0 Å². The van der Waals surface area contributed by atoms with E-state index in [-0.39, 0.29) is 22.6 Å². The van der Waals surface area contributed by atoms with E-state index in [4.69, 9.17) is 0 Å². The summed E-state index contributed by atoms with van der Waals surface area (Å²) in [6.07, 6.45) is 1.63. The maximum absolute atomic E-state index is 12.7. The van der Waals surface area contributed by atoms with Crippen LogP contribution in [-0.2, 0) is 12.8 Å². The number of carbonyl (C=O) groups is 2. The number of carbonyl (C=O) groups excluding carboxylic acids is 2. The quantitative estimate of drug-likeness (QED) is 0.331. The van der Waals surface area contributed by atoms with Gasteiger partial charge < -0.3 is 20.8 Å². The van der Waals surface area contributed by atoms with Crippen molar-refractivity contribution < 1.29 is 19.8 Å². The first-order chi connectivity index (χ1) is 16.1. The third-order valence-electron chi connectivity index (χ3n) is 5.28. The molecule has 0 aliphatic heterocycles. The maximum Gasteiger partial charge on any atom is 0.259 e. The summed E-state index contributed by atoms with van der Waals surface area (Å²) in [5, 5.41) is 26.1. The normalized spacial score (nSPS) is 11.0. The van der Waals surface area contributed by atoms with Crippen LogP contribution >= 0.6 is 0 Å². The molecule has 0 heterocycles. The van der Waals surface area contributed by atoms with Crippen LogP contribution in [0.4, 0.5) is 11.4 Å². The molecule has 0 aliphatic carbocycles. The van der Waals surface area contributed by atoms with Crippen molar-refractivity contribution in [3.05, 3.63) is 82.9 Å². The van der Waals surface area contributed by atoms with Crippen molar-refractivity contribution in [3.63, 3.8) is 0 Å². The first-order valence-electron chi connectivity index (χ1n) is 11.5. The highest BCUT2D eigenvalue weighted by Crippen LogP contribution is 2.25. The van der Waals surface area contributed by atoms with Gasteiger partial charge in [-0.05, 0) is 78.3 Å². The Hall–Kier alpha value is -3.80. The van der Waals surface area contributed by atoms with Crippen LogP contribution in [0.15, 0.2) is 60.7 Å². The number of aromatic hydroxyl groups is 2. The van der Waals surface area contributed by atoms with Crippen molar-refractivity contribution in [2.45, 2.75) is 40.5 Å². The highest BCUT2D eigenvalue weighted by molar-refractivity contribution is 6.08. The molecular formula is C28H32N2O4. The van der Waals surface area contributed by atoms with Gasteiger partial charge in [-0.3, -0.25) is 9.59 Å². The lowest BCUT2D eigenvalue weighted by atomic mass is 10.0. The second-order valence-electron chi connectivity index (χ2n) is 9.39. The van der Waals surface area contributed by atoms with Gasteiger partial charge in [-0.15, -0.1) is 0 Å². The minimum Gasteiger partial charge on any atom is -0.507 e. The van der Waals surface area contributed by atoms with Crippen molar-refractivity contribution in [1.82, 2.24) is 0 Å². The van der Waals surface area contributed by atoms with Crippen LogP contribution in [0.3, 0.4) is 0 Å². The zero-order valence-electron chi connectivity index (χ0n) is 20.1. The van der Waals surface area contributed by atoms with Gasteiger partial charge in [-0.1, -0.05) is 45.9 Å². The fraction of sp³-hybridized carbons (Fsp3) is 0.286. The zero-order valence-corrected chi connectivity index (χ0v) is 20.1. The van der Waals surface area contributed by atoms with Crippen LogP contribution in [0, 0.1) is 11.8 Å². The van der Waals surface area contributed by atoms with E-state index >= 15 is 0 Å². The first kappa shape index (κ1) is 24.8. The molecular weight excluding hydrogens is 428 g/mol. The Bertz CT molecular complexity index is 1100. The largest absolute Gasteiger partial charge is 0.507 e. The number of amides is 2. The topological polar surface area (TPSA) is 98.7 Å². The van der Waals surface area contributed by atoms with Crippen LogP contribution in [0.5, 0.6) is 11.5 Å². The van der Waals surface area contributed by atoms with Crippen molar-refractivity contribution >= 4 is 23.2 Å². The van der Waals surface area contributed by atoms with Crippen LogP contribution in [0.1, 0.15) is 59.5 Å². The van der Waals surface area contributed by atoms with Crippen molar-refractivity contribution in [3.8, 4) is 11.5 Å². The summed E-state index contributed by atoms with van der Waals surface area (Å²) >= 11 is 0. The Labute approximate surface area is 200 Å². The number of hydrogen-bond donors (Lipinski definition) is 4. The summed E-state index contributed by atoms with van der Waals surface area (Å²) < 4.78 is 0. The van der Waals surface area contributed by atoms with Gasteiger partial charge in [0, 0.05) is 11.4 Å². The standard InChI is InChI=1S/C28H32N2O4/c1-17(2)12-19-8-10-23(25(31)14-19)27(33)29-21-6-5-7-22(16-21)30-28(34)24-11-9-20(13-18(3)4)15-26(24)32/h5-11,14-18,31-32H,12-13H2,1-4H3,(H,29,33)(H,30,34). The second kappa shape index (κ2) is 10.9. The number of nitrogens with one attached hydrogen (secondary N) is 2. The van der Waals surface area contributed by atoms with Crippen molar-refractivity contribution in [1.29, 1.82) is 0 Å². The van der Waals surface area contributed by atoms with Crippen LogP contribution in [0.2, 0.25) is 0 Å². The predicted octanol–water partition coefficient (Wildman–Crippen LogP) is 6.00. The molecule has 2 amide bonds. The third kappa shape index (κ3) is 6.61. The maximum atomic E-state index is 12.7. The molecule has 3 aromatic rings. The van der Waals surface area contributed by atoms with Crippen molar-refractivity contribution in [2.75, 3.05) is 10.6 Å². The lowest BCUT2D eigenvalue weighted by molar-refractivity contribution is 0.101. The minimum atomic E-state index is -0.449. The van der Waals surface area contributed by atoms with Crippen molar-refractivity contribution in [2.24, 2.45) is 11.8 Å². The molecule has 0 fully saturated rings. The molecule has 34 heavy (non-hydrogen) atoms. The predicted molar refractivity (Wildman–Crippen MR) is 136 cm³/mol. The third-order valence-corrected chi connectivity index (χ3v) is 5.28. The highest BCUT2D eigenvalue weighted by Gasteiger charge is 2.15. The summed E-state index contributed by atoms with van der Waals surface area (Å²) in [6.45, 7) is 8.36. The van der Waals surface area contributed by atoms with Crippen LogP contribution in [-0.4, -0.2) is 22.0 Å². The Morgan fingerprint density at radius 3 is 1.44 bits per heavy atom. The summed E-state index contributed by atoms with van der Waals surface area (Å²) in [7, 11) is 0. The van der Waals surface area contributed by atoms with Gasteiger partial charge in [0.05, 0.1) is 11.1 Å². The van der Waals surface area contributed by atoms with Gasteiger partial charge in [-0.25, -0.2) is 0 Å². The molecule has 0 aliphatic rings. The van der Waals surface area contributed by atoms with E-state index in [1.807, 2.05) is 12.1 Å². The molecule has 0 unspecified atom stereocenters. The molecule has 6 heteroatoms. The second-order valence-corrected chi connectivity index (χ2v) is 9.39. The molecule has 178 valence electrons. The Kier molecular flexibility index (Phi) is 7.95. The van der Waals surface area contributed by atoms with Gasteiger partial charge in [0.1, 0.15) is 11.5 Å². The lowest BCUT2D eigenvalue weighted by Crippen LogP contribution is -2.14. The number of phenols is 2. The lowest BCUT2D eigenvalue weighted by Gasteiger charge is -2.12. The monoisotopic (exact) mass is 460 g/mol. The Balaban J connectivity index is 1.69. The van der Waals surface area contributed by atoms with Gasteiger partial charge >= 0.3 is 0 Å².